The molecule has 0 N–H and O–H groups in total. The number of esters is 1. The summed E-state index contributed by atoms with van der Waals surface area (Å²) in [5.41, 5.74) is -1.98. The van der Waals surface area contributed by atoms with Crippen molar-refractivity contribution in [3.8, 4) is 0 Å². The fourth-order valence-corrected chi connectivity index (χ4v) is 1.80. The molecule has 0 saturated carbocycles. The van der Waals surface area contributed by atoms with Gasteiger partial charge in [-0.2, -0.15) is 13.2 Å². The van der Waals surface area contributed by atoms with Gasteiger partial charge in [-0.25, -0.2) is 9.59 Å². The summed E-state index contributed by atoms with van der Waals surface area (Å²) >= 11 is 0. The first-order valence-corrected chi connectivity index (χ1v) is 8.66. The molecule has 9 heteroatoms. The number of carbonyl (C=O) groups excluding carboxylic acids is 2. The summed E-state index contributed by atoms with van der Waals surface area (Å²) in [7, 11) is 0. The molecule has 0 bridgehead atoms. The molecule has 0 fully saturated rings. The van der Waals surface area contributed by atoms with Gasteiger partial charge in [-0.15, -0.1) is 0 Å². The van der Waals surface area contributed by atoms with Gasteiger partial charge in [0.2, 0.25) is 0 Å². The van der Waals surface area contributed by atoms with Crippen LogP contribution in [0, 0.1) is 0 Å². The van der Waals surface area contributed by atoms with Crippen molar-refractivity contribution in [2.75, 3.05) is 13.2 Å². The van der Waals surface area contributed by atoms with Gasteiger partial charge in [0.25, 0.3) is 0 Å². The van der Waals surface area contributed by atoms with Gasteiger partial charge >= 0.3 is 18.3 Å². The Bertz CT molecular complexity index is 528. The molecule has 0 amide bonds. The Morgan fingerprint density at radius 3 is 2.11 bits per heavy atom. The Morgan fingerprint density at radius 1 is 1.04 bits per heavy atom. The zero-order valence-corrected chi connectivity index (χ0v) is 16.7. The highest BCUT2D eigenvalue weighted by molar-refractivity contribution is 5.76. The first-order chi connectivity index (χ1) is 12.2. The summed E-state index contributed by atoms with van der Waals surface area (Å²) in [4.78, 5) is 22.4. The third-order valence-corrected chi connectivity index (χ3v) is 4.02. The van der Waals surface area contributed by atoms with Gasteiger partial charge in [0, 0.05) is 12.8 Å². The summed E-state index contributed by atoms with van der Waals surface area (Å²) in [5.74, 6) is -1.79. The van der Waals surface area contributed by atoms with E-state index in [2.05, 4.69) is 4.74 Å². The predicted octanol–water partition coefficient (Wildman–Crippen LogP) is 4.91. The third kappa shape index (κ3) is 10.8. The topological polar surface area (TPSA) is 71.1 Å². The Balaban J connectivity index is 4.38. The van der Waals surface area contributed by atoms with Crippen LogP contribution in [0.3, 0.4) is 0 Å². The maximum atomic E-state index is 12.4. The van der Waals surface area contributed by atoms with E-state index in [4.69, 9.17) is 14.2 Å². The quantitative estimate of drug-likeness (QED) is 0.385. The molecule has 1 unspecified atom stereocenters. The van der Waals surface area contributed by atoms with E-state index in [0.717, 1.165) is 0 Å². The maximum absolute atomic E-state index is 12.4. The Kier molecular flexibility index (Phi) is 9.84. The lowest BCUT2D eigenvalue weighted by molar-refractivity contribution is -0.215. The van der Waals surface area contributed by atoms with E-state index in [1.165, 1.54) is 6.92 Å². The van der Waals surface area contributed by atoms with Crippen molar-refractivity contribution < 1.29 is 41.7 Å². The summed E-state index contributed by atoms with van der Waals surface area (Å²) in [6.45, 7) is 10.0. The zero-order chi connectivity index (χ0) is 21.3. The molecule has 0 rings (SSSR count). The summed E-state index contributed by atoms with van der Waals surface area (Å²) in [6, 6.07) is 0. The van der Waals surface area contributed by atoms with Gasteiger partial charge in [0.05, 0.1) is 18.8 Å². The molecule has 0 aromatic heterocycles. The molecular formula is C18H29F3O6. The molecular weight excluding hydrogens is 369 g/mol. The van der Waals surface area contributed by atoms with Crippen LogP contribution in [0.4, 0.5) is 18.0 Å². The summed E-state index contributed by atoms with van der Waals surface area (Å²) < 4.78 is 57.1. The van der Waals surface area contributed by atoms with Crippen LogP contribution >= 0.6 is 0 Å². The van der Waals surface area contributed by atoms with Crippen LogP contribution in [0.5, 0.6) is 0 Å². The van der Waals surface area contributed by atoms with Crippen LogP contribution in [-0.4, -0.2) is 42.7 Å². The first kappa shape index (κ1) is 25.2. The van der Waals surface area contributed by atoms with Gasteiger partial charge in [0.1, 0.15) is 11.4 Å². The zero-order valence-electron chi connectivity index (χ0n) is 16.7. The van der Waals surface area contributed by atoms with Gasteiger partial charge in [-0.3, -0.25) is 0 Å². The van der Waals surface area contributed by atoms with E-state index in [1.807, 2.05) is 0 Å². The van der Waals surface area contributed by atoms with E-state index >= 15 is 0 Å². The standard InChI is InChI=1S/C18H29F3O6/c1-7-13(3)26-15(23)24-11-9-16(4,5)25-12-10-17(6,8-2)27-14(22)18(19,20)21/h7H,8-12H2,1-6H3/b13-7+. The molecule has 0 aromatic rings. The normalized spacial score (nSPS) is 15.1. The summed E-state index contributed by atoms with van der Waals surface area (Å²) in [5, 5.41) is 0. The second-order valence-electron chi connectivity index (χ2n) is 6.90. The van der Waals surface area contributed by atoms with Crippen LogP contribution in [-0.2, 0) is 23.7 Å². The summed E-state index contributed by atoms with van der Waals surface area (Å²) in [6.07, 6.45) is -3.59. The highest BCUT2D eigenvalue weighted by Gasteiger charge is 2.44. The second-order valence-corrected chi connectivity index (χ2v) is 6.90. The van der Waals surface area contributed by atoms with Crippen molar-refractivity contribution >= 4 is 12.1 Å². The minimum absolute atomic E-state index is 0.0525. The Morgan fingerprint density at radius 2 is 1.63 bits per heavy atom. The molecule has 27 heavy (non-hydrogen) atoms. The van der Waals surface area contributed by atoms with Gasteiger partial charge < -0.3 is 18.9 Å². The van der Waals surface area contributed by atoms with Crippen molar-refractivity contribution in [1.29, 1.82) is 0 Å². The van der Waals surface area contributed by atoms with E-state index in [0.29, 0.717) is 12.2 Å². The maximum Gasteiger partial charge on any atom is 0.513 e. The highest BCUT2D eigenvalue weighted by Crippen LogP contribution is 2.27. The number of alkyl halides is 3. The van der Waals surface area contributed by atoms with Gasteiger partial charge in [-0.05, 0) is 47.1 Å². The highest BCUT2D eigenvalue weighted by atomic mass is 19.4. The average Bonchev–Trinajstić information content (AvgIpc) is 2.53. The number of hydrogen-bond donors (Lipinski definition) is 0. The molecule has 0 saturated heterocycles. The lowest BCUT2D eigenvalue weighted by atomic mass is 9.99. The molecule has 1 atom stereocenters. The SMILES string of the molecule is C/C=C(\C)OC(=O)OCCC(C)(C)OCCC(C)(CC)OC(=O)C(F)(F)F. The number of hydrogen-bond acceptors (Lipinski definition) is 6. The van der Waals surface area contributed by atoms with Crippen molar-refractivity contribution in [2.45, 2.75) is 78.2 Å². The lowest BCUT2D eigenvalue weighted by Gasteiger charge is -2.31. The second kappa shape index (κ2) is 10.5. The van der Waals surface area contributed by atoms with Crippen LogP contribution in [0.15, 0.2) is 11.8 Å². The number of carbonyl (C=O) groups is 2. The minimum Gasteiger partial charge on any atom is -0.453 e. The smallest absolute Gasteiger partial charge is 0.453 e. The van der Waals surface area contributed by atoms with Gasteiger partial charge in [-0.1, -0.05) is 6.92 Å². The monoisotopic (exact) mass is 398 g/mol. The van der Waals surface area contributed by atoms with Gasteiger partial charge in [0.15, 0.2) is 0 Å². The van der Waals surface area contributed by atoms with E-state index in [1.54, 1.807) is 40.7 Å². The van der Waals surface area contributed by atoms with Crippen molar-refractivity contribution in [1.82, 2.24) is 0 Å². The van der Waals surface area contributed by atoms with Crippen LogP contribution in [0.25, 0.3) is 0 Å². The molecule has 0 aliphatic carbocycles. The van der Waals surface area contributed by atoms with Crippen molar-refractivity contribution in [3.63, 3.8) is 0 Å². The predicted molar refractivity (Wildman–Crippen MR) is 92.0 cm³/mol. The fourth-order valence-electron chi connectivity index (χ4n) is 1.80. The van der Waals surface area contributed by atoms with Crippen molar-refractivity contribution in [2.24, 2.45) is 0 Å². The largest absolute Gasteiger partial charge is 0.513 e. The van der Waals surface area contributed by atoms with Crippen LogP contribution < -0.4 is 0 Å². The van der Waals surface area contributed by atoms with E-state index in [9.17, 15) is 22.8 Å². The average molecular weight is 398 g/mol. The molecule has 0 aliphatic rings. The molecule has 0 aliphatic heterocycles. The Labute approximate surface area is 158 Å². The molecule has 0 spiro atoms. The van der Waals surface area contributed by atoms with E-state index in [-0.39, 0.29) is 26.1 Å². The molecule has 158 valence electrons. The number of ether oxygens (including phenoxy) is 4. The third-order valence-electron chi connectivity index (χ3n) is 4.02. The lowest BCUT2D eigenvalue weighted by Crippen LogP contribution is -2.39. The van der Waals surface area contributed by atoms with E-state index < -0.39 is 29.5 Å². The molecule has 0 heterocycles. The number of rotatable bonds is 10. The molecule has 0 radical (unpaired) electrons. The molecule has 0 aromatic carbocycles. The van der Waals surface area contributed by atoms with Crippen LogP contribution in [0.2, 0.25) is 0 Å². The minimum atomic E-state index is -5.03. The number of halogens is 3. The Hall–Kier alpha value is -1.77. The molecule has 6 nitrogen and oxygen atoms in total. The fraction of sp³-hybridized carbons (Fsp3) is 0.778. The first-order valence-electron chi connectivity index (χ1n) is 8.66. The van der Waals surface area contributed by atoms with Crippen LogP contribution in [0.1, 0.15) is 60.8 Å². The number of allylic oxidation sites excluding steroid dienone is 2. The van der Waals surface area contributed by atoms with Crippen molar-refractivity contribution in [3.05, 3.63) is 11.8 Å².